The number of hydrogen-bond donors (Lipinski definition) is 0. The second kappa shape index (κ2) is 6.95. The highest BCUT2D eigenvalue weighted by Crippen LogP contribution is 2.21. The van der Waals surface area contributed by atoms with E-state index in [0.29, 0.717) is 36.6 Å². The van der Waals surface area contributed by atoms with E-state index in [2.05, 4.69) is 10.1 Å². The molecule has 0 aliphatic carbocycles. The van der Waals surface area contributed by atoms with Crippen molar-refractivity contribution in [3.05, 3.63) is 65.5 Å². The first-order chi connectivity index (χ1) is 13.5. The molecule has 3 heterocycles. The summed E-state index contributed by atoms with van der Waals surface area (Å²) in [6.07, 6.45) is 3.54. The molecule has 0 saturated heterocycles. The molecular formula is C20H22N6O2. The van der Waals surface area contributed by atoms with E-state index in [9.17, 15) is 9.59 Å². The molecule has 0 bridgehead atoms. The van der Waals surface area contributed by atoms with Crippen LogP contribution in [0.4, 0.5) is 0 Å². The average molecular weight is 378 g/mol. The average Bonchev–Trinajstić information content (AvgIpc) is 3.33. The van der Waals surface area contributed by atoms with E-state index >= 15 is 0 Å². The molecule has 8 nitrogen and oxygen atoms in total. The smallest absolute Gasteiger partial charge is 0.271 e. The molecule has 3 aromatic rings. The van der Waals surface area contributed by atoms with Crippen LogP contribution >= 0.6 is 0 Å². The Labute approximate surface area is 163 Å². The molecule has 8 heteroatoms. The van der Waals surface area contributed by atoms with E-state index in [-0.39, 0.29) is 11.8 Å². The van der Waals surface area contributed by atoms with Crippen molar-refractivity contribution in [3.63, 3.8) is 0 Å². The molecule has 2 amide bonds. The summed E-state index contributed by atoms with van der Waals surface area (Å²) in [6.45, 7) is 3.30. The zero-order chi connectivity index (χ0) is 19.8. The molecule has 1 aromatic carbocycles. The summed E-state index contributed by atoms with van der Waals surface area (Å²) in [4.78, 5) is 33.4. The number of benzene rings is 1. The highest BCUT2D eigenvalue weighted by molar-refractivity contribution is 5.95. The van der Waals surface area contributed by atoms with Crippen molar-refractivity contribution in [1.82, 2.24) is 29.1 Å². The maximum absolute atomic E-state index is 13.0. The number of rotatable bonds is 3. The number of fused-ring (bicyclic) bond motifs is 1. The van der Waals surface area contributed by atoms with Crippen molar-refractivity contribution >= 4 is 11.8 Å². The summed E-state index contributed by atoms with van der Waals surface area (Å²) in [5.74, 6) is 0.620. The number of aryl methyl sites for hydroxylation is 1. The minimum Gasteiger partial charge on any atom is -0.343 e. The number of hydrogen-bond acceptors (Lipinski definition) is 4. The molecule has 28 heavy (non-hydrogen) atoms. The molecule has 1 aliphatic rings. The number of amides is 2. The van der Waals surface area contributed by atoms with Crippen molar-refractivity contribution in [2.24, 2.45) is 0 Å². The minimum atomic E-state index is -0.0667. The Morgan fingerprint density at radius 3 is 2.68 bits per heavy atom. The van der Waals surface area contributed by atoms with Gasteiger partial charge in [-0.25, -0.2) is 9.67 Å². The van der Waals surface area contributed by atoms with Gasteiger partial charge in [0.1, 0.15) is 11.5 Å². The fourth-order valence-corrected chi connectivity index (χ4v) is 3.50. The second-order valence-electron chi connectivity index (χ2n) is 7.04. The SMILES string of the molecule is Cc1nc2n(c1C(=O)N(C)C)CCN(C(=O)c1cccc(-n3cccn3)c1)C2. The van der Waals surface area contributed by atoms with Gasteiger partial charge in [0.05, 0.1) is 17.9 Å². The topological polar surface area (TPSA) is 76.3 Å². The standard InChI is InChI=1S/C20H22N6O2/c1-14-18(20(28)23(2)3)25-11-10-24(13-17(25)22-14)19(27)15-6-4-7-16(12-15)26-9-5-8-21-26/h4-9,12H,10-11,13H2,1-3H3. The third-order valence-corrected chi connectivity index (χ3v) is 4.90. The van der Waals surface area contributed by atoms with Gasteiger partial charge in [-0.1, -0.05) is 6.07 Å². The lowest BCUT2D eigenvalue weighted by molar-refractivity contribution is 0.0703. The monoisotopic (exact) mass is 378 g/mol. The summed E-state index contributed by atoms with van der Waals surface area (Å²) < 4.78 is 3.66. The van der Waals surface area contributed by atoms with Crippen LogP contribution < -0.4 is 0 Å². The van der Waals surface area contributed by atoms with Crippen molar-refractivity contribution in [2.45, 2.75) is 20.0 Å². The molecule has 1 aliphatic heterocycles. The number of carbonyl (C=O) groups is 2. The maximum Gasteiger partial charge on any atom is 0.271 e. The van der Waals surface area contributed by atoms with E-state index in [1.807, 2.05) is 48.0 Å². The van der Waals surface area contributed by atoms with Gasteiger partial charge in [0.2, 0.25) is 0 Å². The Bertz CT molecular complexity index is 1040. The molecule has 4 rings (SSSR count). The quantitative estimate of drug-likeness (QED) is 0.696. The third kappa shape index (κ3) is 3.06. The van der Waals surface area contributed by atoms with Crippen LogP contribution in [-0.2, 0) is 13.1 Å². The molecule has 0 spiro atoms. The van der Waals surface area contributed by atoms with Crippen LogP contribution in [0.25, 0.3) is 5.69 Å². The molecule has 0 N–H and O–H groups in total. The Hall–Kier alpha value is -3.42. The van der Waals surface area contributed by atoms with Crippen LogP contribution in [0.3, 0.4) is 0 Å². The summed E-state index contributed by atoms with van der Waals surface area (Å²) >= 11 is 0. The molecule has 0 unspecified atom stereocenters. The van der Waals surface area contributed by atoms with Gasteiger partial charge in [-0.2, -0.15) is 5.10 Å². The number of aromatic nitrogens is 4. The van der Waals surface area contributed by atoms with Crippen LogP contribution in [0.1, 0.15) is 32.4 Å². The van der Waals surface area contributed by atoms with Crippen LogP contribution in [-0.4, -0.2) is 61.6 Å². The lowest BCUT2D eigenvalue weighted by Crippen LogP contribution is -2.39. The van der Waals surface area contributed by atoms with Gasteiger partial charge in [-0.3, -0.25) is 9.59 Å². The molecular weight excluding hydrogens is 356 g/mol. The van der Waals surface area contributed by atoms with Gasteiger partial charge in [0.25, 0.3) is 11.8 Å². The molecule has 0 saturated carbocycles. The second-order valence-corrected chi connectivity index (χ2v) is 7.04. The van der Waals surface area contributed by atoms with Crippen molar-refractivity contribution in [1.29, 1.82) is 0 Å². The molecule has 0 fully saturated rings. The fraction of sp³-hybridized carbons (Fsp3) is 0.300. The van der Waals surface area contributed by atoms with Crippen molar-refractivity contribution in [2.75, 3.05) is 20.6 Å². The number of carbonyl (C=O) groups excluding carboxylic acids is 2. The van der Waals surface area contributed by atoms with Crippen molar-refractivity contribution in [3.8, 4) is 5.69 Å². The van der Waals surface area contributed by atoms with Crippen LogP contribution in [0.15, 0.2) is 42.7 Å². The van der Waals surface area contributed by atoms with Gasteiger partial charge in [0.15, 0.2) is 0 Å². The largest absolute Gasteiger partial charge is 0.343 e. The van der Waals surface area contributed by atoms with Crippen LogP contribution in [0.5, 0.6) is 0 Å². The zero-order valence-electron chi connectivity index (χ0n) is 16.2. The molecule has 0 atom stereocenters. The van der Waals surface area contributed by atoms with E-state index in [0.717, 1.165) is 11.5 Å². The minimum absolute atomic E-state index is 0.0543. The maximum atomic E-state index is 13.0. The van der Waals surface area contributed by atoms with E-state index in [1.54, 1.807) is 34.8 Å². The normalized spacial score (nSPS) is 13.3. The van der Waals surface area contributed by atoms with E-state index in [4.69, 9.17) is 0 Å². The van der Waals surface area contributed by atoms with Crippen LogP contribution in [0.2, 0.25) is 0 Å². The van der Waals surface area contributed by atoms with Gasteiger partial charge in [0, 0.05) is 45.1 Å². The van der Waals surface area contributed by atoms with E-state index in [1.165, 1.54) is 0 Å². The third-order valence-electron chi connectivity index (χ3n) is 4.90. The lowest BCUT2D eigenvalue weighted by Gasteiger charge is -2.29. The Morgan fingerprint density at radius 1 is 1.14 bits per heavy atom. The van der Waals surface area contributed by atoms with Crippen LogP contribution in [0, 0.1) is 6.92 Å². The highest BCUT2D eigenvalue weighted by Gasteiger charge is 2.28. The molecule has 144 valence electrons. The number of nitrogens with zero attached hydrogens (tertiary/aromatic N) is 6. The Balaban J connectivity index is 1.58. The van der Waals surface area contributed by atoms with Gasteiger partial charge in [-0.15, -0.1) is 0 Å². The Kier molecular flexibility index (Phi) is 4.46. The summed E-state index contributed by atoms with van der Waals surface area (Å²) in [6, 6.07) is 9.25. The zero-order valence-corrected chi connectivity index (χ0v) is 16.2. The predicted octanol–water partition coefficient (Wildman–Crippen LogP) is 1.74. The van der Waals surface area contributed by atoms with Gasteiger partial charge in [-0.05, 0) is 31.2 Å². The summed E-state index contributed by atoms with van der Waals surface area (Å²) in [5.41, 5.74) is 2.75. The van der Waals surface area contributed by atoms with Gasteiger partial charge >= 0.3 is 0 Å². The first-order valence-electron chi connectivity index (χ1n) is 9.12. The van der Waals surface area contributed by atoms with Gasteiger partial charge < -0.3 is 14.4 Å². The Morgan fingerprint density at radius 2 is 1.96 bits per heavy atom. The predicted molar refractivity (Wildman–Crippen MR) is 103 cm³/mol. The number of imidazole rings is 1. The fourth-order valence-electron chi connectivity index (χ4n) is 3.50. The van der Waals surface area contributed by atoms with Crippen molar-refractivity contribution < 1.29 is 9.59 Å². The van der Waals surface area contributed by atoms with E-state index < -0.39 is 0 Å². The summed E-state index contributed by atoms with van der Waals surface area (Å²) in [7, 11) is 3.46. The lowest BCUT2D eigenvalue weighted by atomic mass is 10.1. The summed E-state index contributed by atoms with van der Waals surface area (Å²) in [5, 5.41) is 4.21. The highest BCUT2D eigenvalue weighted by atomic mass is 16.2. The molecule has 0 radical (unpaired) electrons. The first-order valence-corrected chi connectivity index (χ1v) is 9.12. The first kappa shape index (κ1) is 18.0. The molecule has 2 aromatic heterocycles.